The molecule has 4 nitrogen and oxygen atoms in total. The molecule has 0 atom stereocenters. The van der Waals surface area contributed by atoms with Crippen LogP contribution < -0.4 is 10.9 Å². The molecule has 0 bridgehead atoms. The summed E-state index contributed by atoms with van der Waals surface area (Å²) in [5.74, 6) is -0.755. The maximum atomic E-state index is 11.8. The smallest absolute Gasteiger partial charge is 0.269 e. The second kappa shape index (κ2) is 7.11. The number of hydrazine groups is 1. The molecular formula is C15H12Cl2N2O2. The van der Waals surface area contributed by atoms with Crippen molar-refractivity contribution < 1.29 is 9.59 Å². The van der Waals surface area contributed by atoms with Gasteiger partial charge in [-0.15, -0.1) is 0 Å². The molecule has 21 heavy (non-hydrogen) atoms. The lowest BCUT2D eigenvalue weighted by Gasteiger charge is -2.08. The average Bonchev–Trinajstić information content (AvgIpc) is 2.48. The van der Waals surface area contributed by atoms with E-state index in [1.165, 1.54) is 0 Å². The van der Waals surface area contributed by atoms with Crippen LogP contribution in [0.3, 0.4) is 0 Å². The van der Waals surface area contributed by atoms with Gasteiger partial charge in [-0.1, -0.05) is 47.5 Å². The molecule has 6 heteroatoms. The van der Waals surface area contributed by atoms with E-state index in [4.69, 9.17) is 23.2 Å². The van der Waals surface area contributed by atoms with Crippen LogP contribution in [0.1, 0.15) is 15.9 Å². The summed E-state index contributed by atoms with van der Waals surface area (Å²) in [6.07, 6.45) is 0.0467. The number of benzene rings is 2. The molecule has 0 aliphatic rings. The van der Waals surface area contributed by atoms with Crippen LogP contribution in [0.25, 0.3) is 0 Å². The zero-order valence-electron chi connectivity index (χ0n) is 10.9. The lowest BCUT2D eigenvalue weighted by atomic mass is 10.1. The predicted octanol–water partition coefficient (Wildman–Crippen LogP) is 3.00. The van der Waals surface area contributed by atoms with Crippen LogP contribution in [0.2, 0.25) is 10.0 Å². The van der Waals surface area contributed by atoms with E-state index in [0.29, 0.717) is 21.2 Å². The number of rotatable bonds is 3. The second-order valence-electron chi connectivity index (χ2n) is 4.28. The second-order valence-corrected chi connectivity index (χ2v) is 5.12. The van der Waals surface area contributed by atoms with Gasteiger partial charge in [0.05, 0.1) is 6.42 Å². The molecule has 0 aromatic heterocycles. The van der Waals surface area contributed by atoms with Crippen LogP contribution in [0.5, 0.6) is 0 Å². The van der Waals surface area contributed by atoms with Gasteiger partial charge in [0.2, 0.25) is 5.91 Å². The summed E-state index contributed by atoms with van der Waals surface area (Å²) < 4.78 is 0. The Kier molecular flexibility index (Phi) is 5.20. The molecule has 0 saturated carbocycles. The third-order valence-electron chi connectivity index (χ3n) is 2.72. The Morgan fingerprint density at radius 2 is 1.67 bits per heavy atom. The first-order valence-electron chi connectivity index (χ1n) is 6.14. The van der Waals surface area contributed by atoms with E-state index in [-0.39, 0.29) is 18.2 Å². The van der Waals surface area contributed by atoms with Crippen molar-refractivity contribution in [1.29, 1.82) is 0 Å². The van der Waals surface area contributed by atoms with Gasteiger partial charge in [-0.3, -0.25) is 20.4 Å². The molecule has 0 aliphatic heterocycles. The summed E-state index contributed by atoms with van der Waals surface area (Å²) in [7, 11) is 0. The summed E-state index contributed by atoms with van der Waals surface area (Å²) in [5, 5.41) is 0.911. The van der Waals surface area contributed by atoms with Gasteiger partial charge in [0.15, 0.2) is 0 Å². The molecule has 0 spiro atoms. The third-order valence-corrected chi connectivity index (χ3v) is 3.30. The van der Waals surface area contributed by atoms with E-state index in [1.807, 2.05) is 0 Å². The summed E-state index contributed by atoms with van der Waals surface area (Å²) in [4.78, 5) is 23.5. The molecule has 108 valence electrons. The van der Waals surface area contributed by atoms with Gasteiger partial charge in [0.25, 0.3) is 5.91 Å². The first-order chi connectivity index (χ1) is 10.1. The monoisotopic (exact) mass is 322 g/mol. The molecule has 2 aromatic rings. The first-order valence-corrected chi connectivity index (χ1v) is 6.90. The fraction of sp³-hybridized carbons (Fsp3) is 0.0667. The minimum Gasteiger partial charge on any atom is -0.273 e. The van der Waals surface area contributed by atoms with Gasteiger partial charge in [-0.2, -0.15) is 0 Å². The van der Waals surface area contributed by atoms with Crippen molar-refractivity contribution in [2.45, 2.75) is 6.42 Å². The van der Waals surface area contributed by atoms with Crippen molar-refractivity contribution in [3.63, 3.8) is 0 Å². The van der Waals surface area contributed by atoms with Crippen molar-refractivity contribution in [2.75, 3.05) is 0 Å². The van der Waals surface area contributed by atoms with Crippen LogP contribution in [-0.4, -0.2) is 11.8 Å². The Balaban J connectivity index is 1.89. The summed E-state index contributed by atoms with van der Waals surface area (Å²) in [6.45, 7) is 0. The zero-order chi connectivity index (χ0) is 15.2. The number of nitrogens with one attached hydrogen (secondary N) is 2. The summed E-state index contributed by atoms with van der Waals surface area (Å²) in [6, 6.07) is 13.5. The molecule has 0 unspecified atom stereocenters. The van der Waals surface area contributed by atoms with Gasteiger partial charge in [-0.25, -0.2) is 0 Å². The van der Waals surface area contributed by atoms with E-state index in [9.17, 15) is 9.59 Å². The molecule has 2 aromatic carbocycles. The quantitative estimate of drug-likeness (QED) is 0.853. The SMILES string of the molecule is O=C(Cc1ccc(Cl)cc1Cl)NNC(=O)c1ccccc1. The number of carbonyl (C=O) groups excluding carboxylic acids is 2. The lowest BCUT2D eigenvalue weighted by Crippen LogP contribution is -2.42. The van der Waals surface area contributed by atoms with Crippen molar-refractivity contribution >= 4 is 35.0 Å². The van der Waals surface area contributed by atoms with E-state index in [2.05, 4.69) is 10.9 Å². The number of hydrogen-bond acceptors (Lipinski definition) is 2. The van der Waals surface area contributed by atoms with Crippen molar-refractivity contribution in [3.8, 4) is 0 Å². The zero-order valence-corrected chi connectivity index (χ0v) is 12.4. The fourth-order valence-corrected chi connectivity index (χ4v) is 2.15. The van der Waals surface area contributed by atoms with E-state index in [1.54, 1.807) is 48.5 Å². The first kappa shape index (κ1) is 15.4. The average molecular weight is 323 g/mol. The van der Waals surface area contributed by atoms with Crippen molar-refractivity contribution in [1.82, 2.24) is 10.9 Å². The molecular weight excluding hydrogens is 311 g/mol. The third kappa shape index (κ3) is 4.48. The summed E-state index contributed by atoms with van der Waals surface area (Å²) >= 11 is 11.8. The Morgan fingerprint density at radius 3 is 2.33 bits per heavy atom. The molecule has 2 N–H and O–H groups in total. The predicted molar refractivity (Wildman–Crippen MR) is 82.2 cm³/mol. The molecule has 2 amide bonds. The van der Waals surface area contributed by atoms with Crippen LogP contribution in [0, 0.1) is 0 Å². The molecule has 0 radical (unpaired) electrons. The maximum Gasteiger partial charge on any atom is 0.269 e. The Bertz CT molecular complexity index is 660. The lowest BCUT2D eigenvalue weighted by molar-refractivity contribution is -0.121. The highest BCUT2D eigenvalue weighted by atomic mass is 35.5. The van der Waals surface area contributed by atoms with Crippen LogP contribution in [-0.2, 0) is 11.2 Å². The molecule has 0 saturated heterocycles. The van der Waals surface area contributed by atoms with Crippen LogP contribution in [0.15, 0.2) is 48.5 Å². The van der Waals surface area contributed by atoms with Gasteiger partial charge in [-0.05, 0) is 29.8 Å². The number of halogens is 2. The Labute approximate surface area is 132 Å². The molecule has 0 heterocycles. The topological polar surface area (TPSA) is 58.2 Å². The van der Waals surface area contributed by atoms with Crippen LogP contribution in [0.4, 0.5) is 0 Å². The minimum absolute atomic E-state index is 0.0467. The normalized spacial score (nSPS) is 10.0. The highest BCUT2D eigenvalue weighted by Gasteiger charge is 2.09. The molecule has 0 fully saturated rings. The molecule has 2 rings (SSSR count). The van der Waals surface area contributed by atoms with E-state index < -0.39 is 0 Å². The number of amides is 2. The Hall–Kier alpha value is -2.04. The largest absolute Gasteiger partial charge is 0.273 e. The standard InChI is InChI=1S/C15H12Cl2N2O2/c16-12-7-6-11(13(17)9-12)8-14(20)18-19-15(21)10-4-2-1-3-5-10/h1-7,9H,8H2,(H,18,20)(H,19,21). The number of carbonyl (C=O) groups is 2. The highest BCUT2D eigenvalue weighted by Crippen LogP contribution is 2.21. The fourth-order valence-electron chi connectivity index (χ4n) is 1.67. The highest BCUT2D eigenvalue weighted by molar-refractivity contribution is 6.35. The molecule has 0 aliphatic carbocycles. The van der Waals surface area contributed by atoms with E-state index in [0.717, 1.165) is 0 Å². The van der Waals surface area contributed by atoms with Crippen LogP contribution >= 0.6 is 23.2 Å². The summed E-state index contributed by atoms with van der Waals surface area (Å²) in [5.41, 5.74) is 5.78. The van der Waals surface area contributed by atoms with Gasteiger partial charge in [0.1, 0.15) is 0 Å². The van der Waals surface area contributed by atoms with Gasteiger partial charge >= 0.3 is 0 Å². The number of hydrogen-bond donors (Lipinski definition) is 2. The van der Waals surface area contributed by atoms with Crippen molar-refractivity contribution in [2.24, 2.45) is 0 Å². The van der Waals surface area contributed by atoms with Crippen molar-refractivity contribution in [3.05, 3.63) is 69.7 Å². The maximum absolute atomic E-state index is 11.8. The van der Waals surface area contributed by atoms with Gasteiger partial charge in [0, 0.05) is 15.6 Å². The van der Waals surface area contributed by atoms with Gasteiger partial charge < -0.3 is 0 Å². The minimum atomic E-state index is -0.383. The Morgan fingerprint density at radius 1 is 0.952 bits per heavy atom. The van der Waals surface area contributed by atoms with E-state index >= 15 is 0 Å².